The van der Waals surface area contributed by atoms with Gasteiger partial charge in [0.1, 0.15) is 5.82 Å². The summed E-state index contributed by atoms with van der Waals surface area (Å²) in [6, 6.07) is 3.92. The predicted molar refractivity (Wildman–Crippen MR) is 81.4 cm³/mol. The van der Waals surface area contributed by atoms with Crippen molar-refractivity contribution in [3.8, 4) is 0 Å². The Bertz CT molecular complexity index is 485. The van der Waals surface area contributed by atoms with Gasteiger partial charge in [0.25, 0.3) is 0 Å². The molecule has 0 bridgehead atoms. The average Bonchev–Trinajstić information content (AvgIpc) is 2.44. The quantitative estimate of drug-likeness (QED) is 0.819. The maximum Gasteiger partial charge on any atom is 0.226 e. The molecule has 1 aromatic carbocycles. The summed E-state index contributed by atoms with van der Waals surface area (Å²) in [7, 11) is 0. The minimum Gasteiger partial charge on any atom is -0.397 e. The molecule has 1 aliphatic carbocycles. The number of nitrogens with one attached hydrogen (secondary N) is 1. The van der Waals surface area contributed by atoms with Gasteiger partial charge in [0.05, 0.1) is 30.5 Å². The third-order valence-corrected chi connectivity index (χ3v) is 3.93. The van der Waals surface area contributed by atoms with E-state index in [1.54, 1.807) is 0 Å². The van der Waals surface area contributed by atoms with Gasteiger partial charge in [-0.05, 0) is 49.8 Å². The van der Waals surface area contributed by atoms with Gasteiger partial charge in [-0.1, -0.05) is 6.92 Å². The topological polar surface area (TPSA) is 64.3 Å². The van der Waals surface area contributed by atoms with Crippen LogP contribution in [0.2, 0.25) is 0 Å². The minimum atomic E-state index is -0.416. The summed E-state index contributed by atoms with van der Waals surface area (Å²) in [5.41, 5.74) is 6.31. The molecule has 4 nitrogen and oxygen atoms in total. The van der Waals surface area contributed by atoms with Crippen LogP contribution in [-0.4, -0.2) is 18.6 Å². The van der Waals surface area contributed by atoms with Crippen molar-refractivity contribution in [2.75, 3.05) is 17.7 Å². The van der Waals surface area contributed by atoms with E-state index in [9.17, 15) is 9.18 Å². The number of hydrogen-bond acceptors (Lipinski definition) is 3. The number of anilines is 2. The van der Waals surface area contributed by atoms with Crippen LogP contribution in [0.3, 0.4) is 0 Å². The Morgan fingerprint density at radius 3 is 2.76 bits per heavy atom. The Labute approximate surface area is 124 Å². The molecule has 3 N–H and O–H groups in total. The highest BCUT2D eigenvalue weighted by molar-refractivity contribution is 5.93. The molecule has 5 heteroatoms. The maximum atomic E-state index is 12.9. The van der Waals surface area contributed by atoms with Gasteiger partial charge in [-0.25, -0.2) is 4.39 Å². The highest BCUT2D eigenvalue weighted by Crippen LogP contribution is 2.25. The van der Waals surface area contributed by atoms with E-state index in [1.165, 1.54) is 31.0 Å². The van der Waals surface area contributed by atoms with Crippen LogP contribution in [0.5, 0.6) is 0 Å². The lowest BCUT2D eigenvalue weighted by Crippen LogP contribution is -2.23. The smallest absolute Gasteiger partial charge is 0.226 e. The van der Waals surface area contributed by atoms with Crippen molar-refractivity contribution >= 4 is 17.3 Å². The van der Waals surface area contributed by atoms with Crippen LogP contribution in [0.1, 0.15) is 39.0 Å². The largest absolute Gasteiger partial charge is 0.397 e. The van der Waals surface area contributed by atoms with Crippen LogP contribution >= 0.6 is 0 Å². The summed E-state index contributed by atoms with van der Waals surface area (Å²) in [4.78, 5) is 11.8. The molecule has 1 fully saturated rings. The zero-order valence-corrected chi connectivity index (χ0v) is 12.4. The first-order valence-electron chi connectivity index (χ1n) is 7.51. The van der Waals surface area contributed by atoms with Crippen LogP contribution in [-0.2, 0) is 9.53 Å². The first-order valence-corrected chi connectivity index (χ1v) is 7.51. The average molecular weight is 294 g/mol. The van der Waals surface area contributed by atoms with E-state index < -0.39 is 5.82 Å². The minimum absolute atomic E-state index is 0.169. The Morgan fingerprint density at radius 1 is 1.38 bits per heavy atom. The first-order chi connectivity index (χ1) is 10.0. The molecule has 2 rings (SSSR count). The third kappa shape index (κ3) is 5.01. The molecule has 1 saturated carbocycles. The van der Waals surface area contributed by atoms with E-state index in [0.29, 0.717) is 12.3 Å². The normalized spacial score (nSPS) is 22.0. The lowest BCUT2D eigenvalue weighted by atomic mass is 9.89. The van der Waals surface area contributed by atoms with E-state index >= 15 is 0 Å². The van der Waals surface area contributed by atoms with Gasteiger partial charge in [-0.2, -0.15) is 0 Å². The van der Waals surface area contributed by atoms with Gasteiger partial charge in [-0.3, -0.25) is 4.79 Å². The van der Waals surface area contributed by atoms with Crippen molar-refractivity contribution in [2.45, 2.75) is 45.1 Å². The van der Waals surface area contributed by atoms with E-state index in [-0.39, 0.29) is 24.1 Å². The van der Waals surface area contributed by atoms with Crippen molar-refractivity contribution in [3.05, 3.63) is 24.0 Å². The molecule has 1 amide bonds. The highest BCUT2D eigenvalue weighted by atomic mass is 19.1. The fraction of sp³-hybridized carbons (Fsp3) is 0.562. The summed E-state index contributed by atoms with van der Waals surface area (Å²) < 4.78 is 18.6. The molecule has 0 aromatic heterocycles. The van der Waals surface area contributed by atoms with E-state index in [2.05, 4.69) is 12.2 Å². The molecule has 0 atom stereocenters. The number of carbonyl (C=O) groups is 1. The zero-order chi connectivity index (χ0) is 15.2. The van der Waals surface area contributed by atoms with Crippen molar-refractivity contribution in [2.24, 2.45) is 5.92 Å². The standard InChI is InChI=1S/C16H23FN2O2/c1-11-2-5-13(6-3-11)21-9-8-16(20)19-15-7-4-12(17)10-14(15)18/h4,7,10-11,13H,2-3,5-6,8-9,18H2,1H3,(H,19,20). The Hall–Kier alpha value is -1.62. The van der Waals surface area contributed by atoms with Gasteiger partial charge in [-0.15, -0.1) is 0 Å². The number of benzene rings is 1. The predicted octanol–water partition coefficient (Wildman–Crippen LogP) is 3.33. The van der Waals surface area contributed by atoms with Crippen LogP contribution in [0.15, 0.2) is 18.2 Å². The molecule has 0 radical (unpaired) electrons. The summed E-state index contributed by atoms with van der Waals surface area (Å²) in [5.74, 6) is 0.201. The number of nitrogens with two attached hydrogens (primary N) is 1. The second-order valence-corrected chi connectivity index (χ2v) is 5.78. The fourth-order valence-corrected chi connectivity index (χ4v) is 2.57. The third-order valence-electron chi connectivity index (χ3n) is 3.93. The molecule has 116 valence electrons. The summed E-state index contributed by atoms with van der Waals surface area (Å²) in [6.45, 7) is 2.67. The van der Waals surface area contributed by atoms with Crippen molar-refractivity contribution in [3.63, 3.8) is 0 Å². The highest BCUT2D eigenvalue weighted by Gasteiger charge is 2.18. The second-order valence-electron chi connectivity index (χ2n) is 5.78. The van der Waals surface area contributed by atoms with Crippen LogP contribution in [0.4, 0.5) is 15.8 Å². The van der Waals surface area contributed by atoms with Crippen molar-refractivity contribution in [1.82, 2.24) is 0 Å². The molecule has 1 aromatic rings. The van der Waals surface area contributed by atoms with Gasteiger partial charge in [0, 0.05) is 0 Å². The summed E-state index contributed by atoms with van der Waals surface area (Å²) in [5, 5.41) is 2.67. The summed E-state index contributed by atoms with van der Waals surface area (Å²) >= 11 is 0. The molecule has 0 spiro atoms. The Balaban J connectivity index is 1.70. The zero-order valence-electron chi connectivity index (χ0n) is 12.4. The molecule has 21 heavy (non-hydrogen) atoms. The SMILES string of the molecule is CC1CCC(OCCC(=O)Nc2ccc(F)cc2N)CC1. The molecule has 0 unspecified atom stereocenters. The Morgan fingerprint density at radius 2 is 2.10 bits per heavy atom. The van der Waals surface area contributed by atoms with E-state index in [0.717, 1.165) is 18.8 Å². The number of hydrogen-bond donors (Lipinski definition) is 2. The number of rotatable bonds is 5. The molecular weight excluding hydrogens is 271 g/mol. The Kier molecular flexibility index (Phi) is 5.56. The second kappa shape index (κ2) is 7.41. The fourth-order valence-electron chi connectivity index (χ4n) is 2.57. The summed E-state index contributed by atoms with van der Waals surface area (Å²) in [6.07, 6.45) is 5.11. The van der Waals surface area contributed by atoms with Gasteiger partial charge < -0.3 is 15.8 Å². The number of amides is 1. The number of halogens is 1. The van der Waals surface area contributed by atoms with E-state index in [4.69, 9.17) is 10.5 Å². The van der Waals surface area contributed by atoms with Crippen molar-refractivity contribution < 1.29 is 13.9 Å². The number of nitrogen functional groups attached to an aromatic ring is 1. The molecular formula is C16H23FN2O2. The van der Waals surface area contributed by atoms with Crippen molar-refractivity contribution in [1.29, 1.82) is 0 Å². The van der Waals surface area contributed by atoms with Gasteiger partial charge in [0.2, 0.25) is 5.91 Å². The molecule has 0 saturated heterocycles. The lowest BCUT2D eigenvalue weighted by molar-refractivity contribution is -0.117. The van der Waals surface area contributed by atoms with Crippen LogP contribution < -0.4 is 11.1 Å². The number of ether oxygens (including phenoxy) is 1. The van der Waals surface area contributed by atoms with Gasteiger partial charge >= 0.3 is 0 Å². The molecule has 1 aliphatic rings. The molecule has 0 heterocycles. The molecule has 0 aliphatic heterocycles. The monoisotopic (exact) mass is 294 g/mol. The first kappa shape index (κ1) is 15.8. The maximum absolute atomic E-state index is 12.9. The van der Waals surface area contributed by atoms with Crippen LogP contribution in [0.25, 0.3) is 0 Å². The van der Waals surface area contributed by atoms with Gasteiger partial charge in [0.15, 0.2) is 0 Å². The lowest BCUT2D eigenvalue weighted by Gasteiger charge is -2.26. The number of carbonyl (C=O) groups excluding carboxylic acids is 1. The van der Waals surface area contributed by atoms with Crippen LogP contribution in [0, 0.1) is 11.7 Å². The van der Waals surface area contributed by atoms with E-state index in [1.807, 2.05) is 0 Å².